The highest BCUT2D eigenvalue weighted by Gasteiger charge is 2.31. The predicted molar refractivity (Wildman–Crippen MR) is 136 cm³/mol. The second kappa shape index (κ2) is 10.8. The number of fused-ring (bicyclic) bond motifs is 1. The van der Waals surface area contributed by atoms with Crippen LogP contribution in [0.2, 0.25) is 0 Å². The van der Waals surface area contributed by atoms with Gasteiger partial charge < -0.3 is 14.2 Å². The topological polar surface area (TPSA) is 105 Å². The van der Waals surface area contributed by atoms with Gasteiger partial charge in [-0.3, -0.25) is 24.0 Å². The summed E-state index contributed by atoms with van der Waals surface area (Å²) in [5, 5.41) is 0. The Balaban J connectivity index is 1.41. The third-order valence-corrected chi connectivity index (χ3v) is 7.14. The third-order valence-electron chi connectivity index (χ3n) is 7.14. The zero-order chi connectivity index (χ0) is 25.1. The van der Waals surface area contributed by atoms with Crippen molar-refractivity contribution in [1.82, 2.24) is 28.9 Å². The quantitative estimate of drug-likeness (QED) is 0.510. The Morgan fingerprint density at radius 2 is 1.86 bits per heavy atom. The van der Waals surface area contributed by atoms with Crippen LogP contribution in [-0.2, 0) is 29.2 Å². The van der Waals surface area contributed by atoms with Gasteiger partial charge in [0.15, 0.2) is 11.2 Å². The normalized spacial score (nSPS) is 18.8. The van der Waals surface area contributed by atoms with Gasteiger partial charge in [-0.2, -0.15) is 0 Å². The number of unbranched alkanes of at least 4 members (excludes halogenated alkanes) is 1. The molecule has 0 bridgehead atoms. The van der Waals surface area contributed by atoms with Crippen molar-refractivity contribution in [2.45, 2.75) is 58.3 Å². The van der Waals surface area contributed by atoms with E-state index < -0.39 is 11.2 Å². The standard InChI is InChI=1S/C26H34N6O4/c1-2-3-11-31-21(18-29-12-14-30(15-13-29)25(34)20-10-7-16-36-20)27-23-22(31)24(33)28-26(35)32(23)17-19-8-5-4-6-9-19/h4-6,8-9,20H,2-3,7,10-18H2,1H3,(H,28,33,35)/t20-/m0/s1. The third kappa shape index (κ3) is 5.01. The summed E-state index contributed by atoms with van der Waals surface area (Å²) >= 11 is 0. The summed E-state index contributed by atoms with van der Waals surface area (Å²) in [7, 11) is 0. The first-order chi connectivity index (χ1) is 17.5. The van der Waals surface area contributed by atoms with E-state index in [0.717, 1.165) is 50.2 Å². The average molecular weight is 495 g/mol. The van der Waals surface area contributed by atoms with Gasteiger partial charge in [0.1, 0.15) is 11.9 Å². The lowest BCUT2D eigenvalue weighted by molar-refractivity contribution is -0.142. The number of carbonyl (C=O) groups excluding carboxylic acids is 1. The van der Waals surface area contributed by atoms with Gasteiger partial charge in [0.25, 0.3) is 11.5 Å². The number of ether oxygens (including phenoxy) is 1. The minimum absolute atomic E-state index is 0.0961. The van der Waals surface area contributed by atoms with Crippen LogP contribution in [0.25, 0.3) is 11.2 Å². The van der Waals surface area contributed by atoms with Gasteiger partial charge in [0.2, 0.25) is 0 Å². The van der Waals surface area contributed by atoms with E-state index in [-0.39, 0.29) is 12.0 Å². The first-order valence-corrected chi connectivity index (χ1v) is 12.9. The molecule has 2 aliphatic heterocycles. The summed E-state index contributed by atoms with van der Waals surface area (Å²) in [6, 6.07) is 9.70. The molecule has 10 nitrogen and oxygen atoms in total. The van der Waals surface area contributed by atoms with Crippen LogP contribution in [0.5, 0.6) is 0 Å². The smallest absolute Gasteiger partial charge is 0.330 e. The molecule has 0 unspecified atom stereocenters. The van der Waals surface area contributed by atoms with Crippen LogP contribution in [-0.4, -0.2) is 73.7 Å². The maximum atomic E-state index is 12.9. The first kappa shape index (κ1) is 24.5. The first-order valence-electron chi connectivity index (χ1n) is 12.9. The van der Waals surface area contributed by atoms with Crippen molar-refractivity contribution >= 4 is 17.1 Å². The highest BCUT2D eigenvalue weighted by atomic mass is 16.5. The molecule has 36 heavy (non-hydrogen) atoms. The summed E-state index contributed by atoms with van der Waals surface area (Å²) in [6.07, 6.45) is 3.34. The molecule has 2 fully saturated rings. The summed E-state index contributed by atoms with van der Waals surface area (Å²) in [4.78, 5) is 50.0. The van der Waals surface area contributed by atoms with E-state index in [9.17, 15) is 14.4 Å². The molecule has 10 heteroatoms. The van der Waals surface area contributed by atoms with Crippen LogP contribution in [0.1, 0.15) is 44.0 Å². The number of hydrogen-bond acceptors (Lipinski definition) is 6. The number of benzene rings is 1. The van der Waals surface area contributed by atoms with Crippen molar-refractivity contribution in [2.75, 3.05) is 32.8 Å². The number of nitrogens with zero attached hydrogens (tertiary/aromatic N) is 5. The maximum absolute atomic E-state index is 12.9. The molecule has 5 rings (SSSR count). The Morgan fingerprint density at radius 1 is 1.08 bits per heavy atom. The molecule has 1 amide bonds. The highest BCUT2D eigenvalue weighted by molar-refractivity contribution is 5.81. The van der Waals surface area contributed by atoms with Gasteiger partial charge in [-0.05, 0) is 24.8 Å². The van der Waals surface area contributed by atoms with Crippen LogP contribution >= 0.6 is 0 Å². The van der Waals surface area contributed by atoms with E-state index in [4.69, 9.17) is 9.72 Å². The molecular weight excluding hydrogens is 460 g/mol. The van der Waals surface area contributed by atoms with Gasteiger partial charge in [0, 0.05) is 39.3 Å². The van der Waals surface area contributed by atoms with Crippen molar-refractivity contribution in [1.29, 1.82) is 0 Å². The lowest BCUT2D eigenvalue weighted by Gasteiger charge is -2.35. The number of aromatic nitrogens is 4. The van der Waals surface area contributed by atoms with E-state index in [0.29, 0.717) is 50.5 Å². The molecule has 0 radical (unpaired) electrons. The molecule has 0 saturated carbocycles. The van der Waals surface area contributed by atoms with Gasteiger partial charge in [-0.25, -0.2) is 9.78 Å². The SMILES string of the molecule is CCCCn1c(CN2CCN(C(=O)[C@@H]3CCCO3)CC2)nc2c1c(=O)[nH]c(=O)n2Cc1ccccc1. The molecule has 0 spiro atoms. The monoisotopic (exact) mass is 494 g/mol. The summed E-state index contributed by atoms with van der Waals surface area (Å²) < 4.78 is 9.10. The van der Waals surface area contributed by atoms with E-state index in [1.807, 2.05) is 39.8 Å². The number of hydrogen-bond donors (Lipinski definition) is 1. The molecular formula is C26H34N6O4. The molecule has 2 aliphatic rings. The Morgan fingerprint density at radius 3 is 2.56 bits per heavy atom. The number of aromatic amines is 1. The molecule has 1 aromatic carbocycles. The Kier molecular flexibility index (Phi) is 7.33. The van der Waals surface area contributed by atoms with Crippen LogP contribution in [0.4, 0.5) is 0 Å². The zero-order valence-corrected chi connectivity index (χ0v) is 20.8. The Labute approximate surface area is 209 Å². The number of piperazine rings is 1. The van der Waals surface area contributed by atoms with E-state index in [2.05, 4.69) is 16.8 Å². The van der Waals surface area contributed by atoms with Crippen molar-refractivity contribution in [3.63, 3.8) is 0 Å². The molecule has 0 aliphatic carbocycles. The largest absolute Gasteiger partial charge is 0.368 e. The number of rotatable bonds is 8. The molecule has 1 atom stereocenters. The van der Waals surface area contributed by atoms with E-state index in [1.54, 1.807) is 4.57 Å². The molecule has 4 heterocycles. The summed E-state index contributed by atoms with van der Waals surface area (Å²) in [6.45, 7) is 7.07. The Bertz CT molecular complexity index is 1310. The number of aryl methyl sites for hydroxylation is 1. The molecule has 192 valence electrons. The average Bonchev–Trinajstić information content (AvgIpc) is 3.55. The molecule has 3 aromatic rings. The van der Waals surface area contributed by atoms with Crippen LogP contribution in [0, 0.1) is 0 Å². The maximum Gasteiger partial charge on any atom is 0.330 e. The lowest BCUT2D eigenvalue weighted by atomic mass is 10.2. The van der Waals surface area contributed by atoms with Crippen LogP contribution in [0.3, 0.4) is 0 Å². The summed E-state index contributed by atoms with van der Waals surface area (Å²) in [5.74, 6) is 0.870. The van der Waals surface area contributed by atoms with Crippen LogP contribution in [0.15, 0.2) is 39.9 Å². The van der Waals surface area contributed by atoms with Crippen molar-refractivity contribution < 1.29 is 9.53 Å². The number of H-pyrrole nitrogens is 1. The fraction of sp³-hybridized carbons (Fsp3) is 0.538. The van der Waals surface area contributed by atoms with Crippen LogP contribution < -0.4 is 11.2 Å². The van der Waals surface area contributed by atoms with Crippen molar-refractivity contribution in [3.8, 4) is 0 Å². The minimum Gasteiger partial charge on any atom is -0.368 e. The second-order valence-corrected chi connectivity index (χ2v) is 9.64. The number of imidazole rings is 1. The van der Waals surface area contributed by atoms with Crippen molar-refractivity contribution in [2.24, 2.45) is 0 Å². The number of nitrogens with one attached hydrogen (secondary N) is 1. The van der Waals surface area contributed by atoms with Gasteiger partial charge >= 0.3 is 5.69 Å². The lowest BCUT2D eigenvalue weighted by Crippen LogP contribution is -2.51. The minimum atomic E-state index is -0.454. The van der Waals surface area contributed by atoms with E-state index >= 15 is 0 Å². The molecule has 2 aromatic heterocycles. The molecule has 1 N–H and O–H groups in total. The van der Waals surface area contributed by atoms with Gasteiger partial charge in [0.05, 0.1) is 13.1 Å². The fourth-order valence-corrected chi connectivity index (χ4v) is 5.11. The second-order valence-electron chi connectivity index (χ2n) is 9.64. The number of amides is 1. The van der Waals surface area contributed by atoms with E-state index in [1.165, 1.54) is 0 Å². The summed E-state index contributed by atoms with van der Waals surface area (Å²) in [5.41, 5.74) is 0.974. The predicted octanol–water partition coefficient (Wildman–Crippen LogP) is 1.56. The fourth-order valence-electron chi connectivity index (χ4n) is 5.11. The Hall–Kier alpha value is -3.24. The molecule has 2 saturated heterocycles. The van der Waals surface area contributed by atoms with Crippen molar-refractivity contribution in [3.05, 3.63) is 62.6 Å². The van der Waals surface area contributed by atoms with Gasteiger partial charge in [-0.1, -0.05) is 43.7 Å². The zero-order valence-electron chi connectivity index (χ0n) is 20.8. The number of carbonyl (C=O) groups is 1. The van der Waals surface area contributed by atoms with Gasteiger partial charge in [-0.15, -0.1) is 0 Å². The highest BCUT2D eigenvalue weighted by Crippen LogP contribution is 2.19.